The average Bonchev–Trinajstić information content (AvgIpc) is 2.72. The molecule has 3 nitrogen and oxygen atoms in total. The summed E-state index contributed by atoms with van der Waals surface area (Å²) in [6, 6.07) is 7.96. The number of nitrogens with zero attached hydrogens (tertiary/aromatic N) is 1. The summed E-state index contributed by atoms with van der Waals surface area (Å²) in [5.41, 5.74) is 2.09. The molecule has 1 fully saturated rings. The van der Waals surface area contributed by atoms with Crippen molar-refractivity contribution >= 4 is 24.2 Å². The third-order valence-electron chi connectivity index (χ3n) is 3.02. The molecule has 0 spiro atoms. The van der Waals surface area contributed by atoms with Crippen molar-refractivity contribution in [3.8, 4) is 0 Å². The van der Waals surface area contributed by atoms with Gasteiger partial charge in [-0.15, -0.1) is 0 Å². The highest BCUT2D eigenvalue weighted by Crippen LogP contribution is 2.25. The molecule has 0 aromatic heterocycles. The van der Waals surface area contributed by atoms with E-state index in [1.165, 1.54) is 0 Å². The first-order valence-electron chi connectivity index (χ1n) is 5.73. The van der Waals surface area contributed by atoms with Crippen LogP contribution in [0.2, 0.25) is 0 Å². The van der Waals surface area contributed by atoms with Crippen molar-refractivity contribution in [2.75, 3.05) is 24.3 Å². The van der Waals surface area contributed by atoms with Crippen LogP contribution in [0.1, 0.15) is 12.0 Å². The number of hydrogen-bond acceptors (Lipinski definition) is 3. The van der Waals surface area contributed by atoms with E-state index in [0.717, 1.165) is 23.5 Å². The second-order valence-electron chi connectivity index (χ2n) is 4.36. The van der Waals surface area contributed by atoms with Gasteiger partial charge < -0.3 is 9.64 Å². The maximum Gasteiger partial charge on any atom is 0.227 e. The monoisotopic (exact) mass is 251 g/mol. The molecule has 0 saturated carbocycles. The van der Waals surface area contributed by atoms with Gasteiger partial charge in [-0.25, -0.2) is 0 Å². The number of hydrogen-bond donors (Lipinski definition) is 1. The van der Waals surface area contributed by atoms with Crippen molar-refractivity contribution in [2.45, 2.75) is 13.0 Å². The molecule has 0 radical (unpaired) electrons. The Labute approximate surface area is 107 Å². The Kier molecular flexibility index (Phi) is 4.07. The van der Waals surface area contributed by atoms with Crippen LogP contribution < -0.4 is 4.90 Å². The molecular weight excluding hydrogens is 234 g/mol. The van der Waals surface area contributed by atoms with E-state index in [1.54, 1.807) is 7.11 Å². The maximum atomic E-state index is 11.8. The zero-order valence-corrected chi connectivity index (χ0v) is 10.8. The van der Waals surface area contributed by atoms with E-state index in [9.17, 15) is 4.79 Å². The molecule has 92 valence electrons. The van der Waals surface area contributed by atoms with Gasteiger partial charge in [0, 0.05) is 25.8 Å². The van der Waals surface area contributed by atoms with Gasteiger partial charge in [0.1, 0.15) is 0 Å². The van der Waals surface area contributed by atoms with E-state index >= 15 is 0 Å². The summed E-state index contributed by atoms with van der Waals surface area (Å²) in [6.45, 7) is 1.39. The number of amides is 1. The molecular formula is C13H17NO2S. The van der Waals surface area contributed by atoms with Crippen molar-refractivity contribution in [2.24, 2.45) is 5.92 Å². The van der Waals surface area contributed by atoms with Crippen molar-refractivity contribution in [3.05, 3.63) is 29.8 Å². The third-order valence-corrected chi connectivity index (χ3v) is 3.54. The topological polar surface area (TPSA) is 29.5 Å². The lowest BCUT2D eigenvalue weighted by atomic mass is 10.1. The summed E-state index contributed by atoms with van der Waals surface area (Å²) >= 11 is 4.26. The summed E-state index contributed by atoms with van der Waals surface area (Å²) in [5, 5.41) is 0. The zero-order valence-electron chi connectivity index (χ0n) is 9.93. The van der Waals surface area contributed by atoms with Gasteiger partial charge in [-0.3, -0.25) is 4.79 Å². The van der Waals surface area contributed by atoms with Crippen LogP contribution in [-0.2, 0) is 16.1 Å². The highest BCUT2D eigenvalue weighted by atomic mass is 32.1. The lowest BCUT2D eigenvalue weighted by Gasteiger charge is -2.16. The van der Waals surface area contributed by atoms with Crippen LogP contribution in [0.5, 0.6) is 0 Å². The number of rotatable bonds is 4. The van der Waals surface area contributed by atoms with E-state index in [4.69, 9.17) is 4.74 Å². The fourth-order valence-corrected chi connectivity index (χ4v) is 2.34. The van der Waals surface area contributed by atoms with Gasteiger partial charge in [0.25, 0.3) is 0 Å². The Bertz CT molecular complexity index is 391. The predicted octanol–water partition coefficient (Wildman–Crippen LogP) is 2.12. The number of ether oxygens (including phenoxy) is 1. The van der Waals surface area contributed by atoms with Gasteiger partial charge >= 0.3 is 0 Å². The summed E-state index contributed by atoms with van der Waals surface area (Å²) < 4.78 is 5.06. The van der Waals surface area contributed by atoms with Crippen LogP contribution >= 0.6 is 12.6 Å². The van der Waals surface area contributed by atoms with E-state index in [1.807, 2.05) is 29.2 Å². The van der Waals surface area contributed by atoms with E-state index in [0.29, 0.717) is 18.9 Å². The van der Waals surface area contributed by atoms with Crippen LogP contribution in [-0.4, -0.2) is 25.3 Å². The molecule has 17 heavy (non-hydrogen) atoms. The molecule has 1 aromatic rings. The summed E-state index contributed by atoms with van der Waals surface area (Å²) in [6.07, 6.45) is 0.614. The number of methoxy groups -OCH3 is 1. The Hall–Kier alpha value is -1.00. The van der Waals surface area contributed by atoms with E-state index in [-0.39, 0.29) is 5.91 Å². The Morgan fingerprint density at radius 1 is 1.41 bits per heavy atom. The minimum atomic E-state index is 0.198. The van der Waals surface area contributed by atoms with Crippen LogP contribution in [0.4, 0.5) is 5.69 Å². The minimum absolute atomic E-state index is 0.198. The fraction of sp³-hybridized carbons (Fsp3) is 0.462. The molecule has 0 aliphatic carbocycles. The van der Waals surface area contributed by atoms with Crippen LogP contribution in [0.3, 0.4) is 0 Å². The van der Waals surface area contributed by atoms with Crippen LogP contribution in [0.15, 0.2) is 24.3 Å². The van der Waals surface area contributed by atoms with Crippen molar-refractivity contribution in [3.63, 3.8) is 0 Å². The Balaban J connectivity index is 2.09. The lowest BCUT2D eigenvalue weighted by Crippen LogP contribution is -2.24. The highest BCUT2D eigenvalue weighted by Gasteiger charge is 2.29. The number of benzene rings is 1. The SMILES string of the molecule is COCc1ccc(N2CC(CS)CC2=O)cc1. The van der Waals surface area contributed by atoms with Gasteiger partial charge in [0.05, 0.1) is 6.61 Å². The van der Waals surface area contributed by atoms with Crippen LogP contribution in [0.25, 0.3) is 0 Å². The number of carbonyl (C=O) groups excluding carboxylic acids is 1. The Morgan fingerprint density at radius 3 is 2.65 bits per heavy atom. The molecule has 1 saturated heterocycles. The van der Waals surface area contributed by atoms with Gasteiger partial charge in [0.15, 0.2) is 0 Å². The van der Waals surface area contributed by atoms with Gasteiger partial charge in [-0.05, 0) is 29.4 Å². The third kappa shape index (κ3) is 2.82. The average molecular weight is 251 g/mol. The largest absolute Gasteiger partial charge is 0.380 e. The molecule has 2 rings (SSSR count). The summed E-state index contributed by atoms with van der Waals surface area (Å²) in [7, 11) is 1.68. The van der Waals surface area contributed by atoms with Crippen molar-refractivity contribution in [1.82, 2.24) is 0 Å². The minimum Gasteiger partial charge on any atom is -0.380 e. The van der Waals surface area contributed by atoms with Crippen molar-refractivity contribution in [1.29, 1.82) is 0 Å². The second-order valence-corrected chi connectivity index (χ2v) is 4.72. The van der Waals surface area contributed by atoms with Gasteiger partial charge in [-0.1, -0.05) is 12.1 Å². The molecule has 1 aromatic carbocycles. The van der Waals surface area contributed by atoms with Gasteiger partial charge in [0.2, 0.25) is 5.91 Å². The highest BCUT2D eigenvalue weighted by molar-refractivity contribution is 7.80. The smallest absolute Gasteiger partial charge is 0.227 e. The normalized spacial score (nSPS) is 20.0. The molecule has 1 atom stereocenters. The van der Waals surface area contributed by atoms with Crippen LogP contribution in [0, 0.1) is 5.92 Å². The van der Waals surface area contributed by atoms with Crippen molar-refractivity contribution < 1.29 is 9.53 Å². The standard InChI is InChI=1S/C13H17NO2S/c1-16-8-10-2-4-12(5-3-10)14-7-11(9-17)6-13(14)15/h2-5,11,17H,6-9H2,1H3. The first-order valence-corrected chi connectivity index (χ1v) is 6.37. The molecule has 1 aliphatic heterocycles. The van der Waals surface area contributed by atoms with E-state index < -0.39 is 0 Å². The molecule has 0 bridgehead atoms. The lowest BCUT2D eigenvalue weighted by molar-refractivity contribution is -0.117. The first-order chi connectivity index (χ1) is 8.24. The zero-order chi connectivity index (χ0) is 12.3. The molecule has 4 heteroatoms. The number of carbonyl (C=O) groups is 1. The number of thiol groups is 1. The maximum absolute atomic E-state index is 11.8. The fourth-order valence-electron chi connectivity index (χ4n) is 2.09. The molecule has 1 unspecified atom stereocenters. The molecule has 1 aliphatic rings. The second kappa shape index (κ2) is 5.56. The molecule has 1 heterocycles. The summed E-state index contributed by atoms with van der Waals surface area (Å²) in [5.74, 6) is 1.34. The molecule has 1 amide bonds. The summed E-state index contributed by atoms with van der Waals surface area (Å²) in [4.78, 5) is 13.7. The predicted molar refractivity (Wildman–Crippen MR) is 71.5 cm³/mol. The van der Waals surface area contributed by atoms with Gasteiger partial charge in [-0.2, -0.15) is 12.6 Å². The quantitative estimate of drug-likeness (QED) is 0.831. The Morgan fingerprint density at radius 2 is 2.12 bits per heavy atom. The van der Waals surface area contributed by atoms with E-state index in [2.05, 4.69) is 12.6 Å². The number of anilines is 1. The first kappa shape index (κ1) is 12.5. The molecule has 0 N–H and O–H groups in total.